The lowest BCUT2D eigenvalue weighted by molar-refractivity contribution is 0.0697. The minimum atomic E-state index is -1.03. The van der Waals surface area contributed by atoms with Crippen LogP contribution in [0.2, 0.25) is 5.02 Å². The third-order valence-corrected chi connectivity index (χ3v) is 7.95. The molecular weight excluding hydrogens is 429 g/mol. The van der Waals surface area contributed by atoms with E-state index in [-0.39, 0.29) is 27.8 Å². The number of alkyl halides is 1. The zero-order chi connectivity index (χ0) is 21.1. The Labute approximate surface area is 185 Å². The number of nitrogens with zero attached hydrogens (tertiary/aromatic N) is 1. The number of hydrogen-bond donors (Lipinski definition) is 2. The minimum Gasteiger partial charge on any atom is -0.478 e. The predicted octanol–water partition coefficient (Wildman–Crippen LogP) is 5.38. The molecule has 29 heavy (non-hydrogen) atoms. The Morgan fingerprint density at radius 2 is 2.03 bits per heavy atom. The topological polar surface area (TPSA) is 70.4 Å². The average Bonchev–Trinajstić information content (AvgIpc) is 2.93. The van der Waals surface area contributed by atoms with Crippen LogP contribution in [0.15, 0.2) is 35.5 Å². The van der Waals surface area contributed by atoms with Crippen LogP contribution < -0.4 is 0 Å². The van der Waals surface area contributed by atoms with Gasteiger partial charge in [0.25, 0.3) is 0 Å². The van der Waals surface area contributed by atoms with E-state index in [0.29, 0.717) is 6.42 Å². The van der Waals surface area contributed by atoms with Gasteiger partial charge >= 0.3 is 5.97 Å². The van der Waals surface area contributed by atoms with E-state index in [4.69, 9.17) is 28.3 Å². The summed E-state index contributed by atoms with van der Waals surface area (Å²) in [4.78, 5) is 16.6. The van der Waals surface area contributed by atoms with E-state index in [1.807, 2.05) is 12.4 Å². The molecule has 2 N–H and O–H groups in total. The molecule has 0 spiro atoms. The van der Waals surface area contributed by atoms with E-state index in [1.165, 1.54) is 17.2 Å². The number of aromatic carboxylic acids is 1. The summed E-state index contributed by atoms with van der Waals surface area (Å²) in [6.45, 7) is 4.16. The van der Waals surface area contributed by atoms with Crippen LogP contribution in [-0.2, 0) is 6.42 Å². The van der Waals surface area contributed by atoms with Crippen molar-refractivity contribution in [3.05, 3.63) is 57.9 Å². The van der Waals surface area contributed by atoms with Gasteiger partial charge in [-0.25, -0.2) is 4.79 Å². The normalized spacial score (nSPS) is 24.0. The van der Waals surface area contributed by atoms with Crippen molar-refractivity contribution in [1.29, 1.82) is 0 Å². The zero-order valence-electron chi connectivity index (χ0n) is 16.4. The summed E-state index contributed by atoms with van der Waals surface area (Å²) < 4.78 is 0. The van der Waals surface area contributed by atoms with Gasteiger partial charge < -0.3 is 10.2 Å². The van der Waals surface area contributed by atoms with Crippen LogP contribution in [0.5, 0.6) is 0 Å². The molecule has 0 radical (unpaired) electrons. The van der Waals surface area contributed by atoms with E-state index < -0.39 is 12.1 Å². The van der Waals surface area contributed by atoms with E-state index in [9.17, 15) is 9.90 Å². The maximum atomic E-state index is 11.1. The first kappa shape index (κ1) is 22.4. The van der Waals surface area contributed by atoms with Gasteiger partial charge in [0.15, 0.2) is 0 Å². The summed E-state index contributed by atoms with van der Waals surface area (Å²) in [6, 6.07) is 5.03. The van der Waals surface area contributed by atoms with Gasteiger partial charge in [0.05, 0.1) is 16.7 Å². The van der Waals surface area contributed by atoms with Crippen LogP contribution >= 0.6 is 35.0 Å². The minimum absolute atomic E-state index is 0.0569. The van der Waals surface area contributed by atoms with Crippen molar-refractivity contribution >= 4 is 40.9 Å². The van der Waals surface area contributed by atoms with Gasteiger partial charge in [-0.15, -0.1) is 23.4 Å². The second kappa shape index (κ2) is 9.69. The number of pyridine rings is 1. The Kier molecular flexibility index (Phi) is 7.49. The summed E-state index contributed by atoms with van der Waals surface area (Å²) in [7, 11) is 0. The highest BCUT2D eigenvalue weighted by molar-refractivity contribution is 7.99. The second-order valence-corrected chi connectivity index (χ2v) is 9.72. The molecule has 1 fully saturated rings. The van der Waals surface area contributed by atoms with Gasteiger partial charge in [-0.05, 0) is 73.8 Å². The lowest BCUT2D eigenvalue weighted by atomic mass is 9.89. The Morgan fingerprint density at radius 1 is 1.28 bits per heavy atom. The number of benzene rings is 1. The first-order valence-corrected chi connectivity index (χ1v) is 11.5. The summed E-state index contributed by atoms with van der Waals surface area (Å²) in [5, 5.41) is 19.9. The molecule has 2 aromatic rings. The molecule has 1 aromatic heterocycles. The van der Waals surface area contributed by atoms with Crippen LogP contribution in [0.3, 0.4) is 0 Å². The van der Waals surface area contributed by atoms with Crippen LogP contribution in [0.25, 0.3) is 0 Å². The standard InChI is InChI=1S/C22H25Cl2NO3S/c1-12-9-25-10-21(13(12)2)29-11-17-15(20(26)8-19(17)24)5-3-14-4-6-16(22(27)28)18(23)7-14/h4,6-7,9-10,15,17,19-20,26H,3,5,8,11H2,1-2H3,(H,27,28)/t15-,17?,19?,20?/m1/s1. The van der Waals surface area contributed by atoms with Crippen molar-refractivity contribution in [2.45, 2.75) is 49.5 Å². The predicted molar refractivity (Wildman–Crippen MR) is 118 cm³/mol. The summed E-state index contributed by atoms with van der Waals surface area (Å²) in [6.07, 6.45) is 5.44. The third kappa shape index (κ3) is 5.26. The number of carbonyl (C=O) groups is 1. The molecule has 0 bridgehead atoms. The molecule has 7 heteroatoms. The fourth-order valence-electron chi connectivity index (χ4n) is 3.93. The van der Waals surface area contributed by atoms with Crippen LogP contribution in [0.4, 0.5) is 0 Å². The van der Waals surface area contributed by atoms with Gasteiger partial charge in [0, 0.05) is 28.4 Å². The molecule has 1 saturated carbocycles. The van der Waals surface area contributed by atoms with Crippen molar-refractivity contribution in [2.24, 2.45) is 11.8 Å². The third-order valence-electron chi connectivity index (χ3n) is 5.86. The number of carboxylic acid groups (broad SMARTS) is 1. The van der Waals surface area contributed by atoms with Crippen molar-refractivity contribution in [3.63, 3.8) is 0 Å². The number of aliphatic hydroxyl groups excluding tert-OH is 1. The monoisotopic (exact) mass is 453 g/mol. The van der Waals surface area contributed by atoms with E-state index >= 15 is 0 Å². The number of aliphatic hydroxyl groups is 1. The van der Waals surface area contributed by atoms with Crippen LogP contribution in [-0.4, -0.2) is 38.4 Å². The molecule has 4 atom stereocenters. The quantitative estimate of drug-likeness (QED) is 0.434. The van der Waals surface area contributed by atoms with Gasteiger partial charge in [-0.3, -0.25) is 4.98 Å². The number of halogens is 2. The first-order chi connectivity index (χ1) is 13.8. The molecule has 3 rings (SSSR count). The SMILES string of the molecule is Cc1cncc(SCC2C(Cl)CC(O)[C@@H]2CCc2ccc(C(=O)O)c(Cl)c2)c1C. The molecule has 156 valence electrons. The summed E-state index contributed by atoms with van der Waals surface area (Å²) >= 11 is 14.4. The molecule has 1 aliphatic rings. The maximum absolute atomic E-state index is 11.1. The van der Waals surface area contributed by atoms with Crippen molar-refractivity contribution < 1.29 is 15.0 Å². The summed E-state index contributed by atoms with van der Waals surface area (Å²) in [5.41, 5.74) is 3.48. The summed E-state index contributed by atoms with van der Waals surface area (Å²) in [5.74, 6) is 0.0997. The zero-order valence-corrected chi connectivity index (χ0v) is 18.8. The fraction of sp³-hybridized carbons (Fsp3) is 0.455. The molecule has 0 aliphatic heterocycles. The highest BCUT2D eigenvalue weighted by Gasteiger charge is 2.41. The lowest BCUT2D eigenvalue weighted by Crippen LogP contribution is -2.23. The number of rotatable bonds is 7. The van der Waals surface area contributed by atoms with E-state index in [1.54, 1.807) is 23.9 Å². The molecule has 1 aliphatic carbocycles. The smallest absolute Gasteiger partial charge is 0.337 e. The van der Waals surface area contributed by atoms with Gasteiger partial charge in [0.2, 0.25) is 0 Å². The highest BCUT2D eigenvalue weighted by Crippen LogP contribution is 2.42. The van der Waals surface area contributed by atoms with Crippen LogP contribution in [0.1, 0.15) is 39.9 Å². The van der Waals surface area contributed by atoms with E-state index in [0.717, 1.165) is 29.1 Å². The van der Waals surface area contributed by atoms with Crippen molar-refractivity contribution in [2.75, 3.05) is 5.75 Å². The lowest BCUT2D eigenvalue weighted by Gasteiger charge is -2.23. The second-order valence-electron chi connectivity index (χ2n) is 7.70. The number of carboxylic acids is 1. The Bertz CT molecular complexity index is 892. The molecule has 3 unspecified atom stereocenters. The number of aromatic nitrogens is 1. The van der Waals surface area contributed by atoms with Crippen molar-refractivity contribution in [1.82, 2.24) is 4.98 Å². The van der Waals surface area contributed by atoms with Gasteiger partial charge in [-0.2, -0.15) is 0 Å². The van der Waals surface area contributed by atoms with E-state index in [2.05, 4.69) is 18.8 Å². The van der Waals surface area contributed by atoms with Crippen LogP contribution in [0, 0.1) is 25.7 Å². The first-order valence-electron chi connectivity index (χ1n) is 9.65. The number of thioether (sulfide) groups is 1. The molecular formula is C22H25Cl2NO3S. The van der Waals surface area contributed by atoms with Gasteiger partial charge in [-0.1, -0.05) is 17.7 Å². The number of aryl methyl sites for hydroxylation is 2. The molecule has 0 amide bonds. The molecule has 1 heterocycles. The fourth-order valence-corrected chi connectivity index (χ4v) is 6.14. The largest absolute Gasteiger partial charge is 0.478 e. The molecule has 1 aromatic carbocycles. The maximum Gasteiger partial charge on any atom is 0.337 e. The average molecular weight is 454 g/mol. The molecule has 4 nitrogen and oxygen atoms in total. The Hall–Kier alpha value is -1.27. The highest BCUT2D eigenvalue weighted by atomic mass is 35.5. The van der Waals surface area contributed by atoms with Crippen molar-refractivity contribution in [3.8, 4) is 0 Å². The van der Waals surface area contributed by atoms with Gasteiger partial charge in [0.1, 0.15) is 0 Å². The Balaban J connectivity index is 1.66. The molecule has 0 saturated heterocycles. The Morgan fingerprint density at radius 3 is 2.72 bits per heavy atom. The number of hydrogen-bond acceptors (Lipinski definition) is 4.